The van der Waals surface area contributed by atoms with Gasteiger partial charge in [0.2, 0.25) is 0 Å². The molecule has 0 aromatic heterocycles. The van der Waals surface area contributed by atoms with E-state index >= 15 is 0 Å². The van der Waals surface area contributed by atoms with Crippen molar-refractivity contribution in [3.05, 3.63) is 12.2 Å². The molecule has 0 amide bonds. The quantitative estimate of drug-likeness (QED) is 0.630. The van der Waals surface area contributed by atoms with Gasteiger partial charge in [0.1, 0.15) is 5.60 Å². The Kier molecular flexibility index (Phi) is 3.78. The van der Waals surface area contributed by atoms with Crippen molar-refractivity contribution in [2.45, 2.75) is 70.5 Å². The summed E-state index contributed by atoms with van der Waals surface area (Å²) in [6.07, 6.45) is 5.15. The van der Waals surface area contributed by atoms with Gasteiger partial charge >= 0.3 is 5.97 Å². The lowest BCUT2D eigenvalue weighted by Crippen LogP contribution is -2.57. The monoisotopic (exact) mass is 266 g/mol. The average molecular weight is 266 g/mol. The van der Waals surface area contributed by atoms with Crippen molar-refractivity contribution < 1.29 is 14.6 Å². The Balaban J connectivity index is 2.23. The summed E-state index contributed by atoms with van der Waals surface area (Å²) < 4.78 is 5.76. The van der Waals surface area contributed by atoms with E-state index in [1.165, 1.54) is 0 Å². The number of esters is 1. The molecule has 0 heterocycles. The second-order valence-corrected chi connectivity index (χ2v) is 6.76. The van der Waals surface area contributed by atoms with Gasteiger partial charge in [0.25, 0.3) is 0 Å². The van der Waals surface area contributed by atoms with Crippen LogP contribution in [0.4, 0.5) is 0 Å². The number of carbonyl (C=O) groups excluding carboxylic acids is 1. The van der Waals surface area contributed by atoms with E-state index in [1.54, 1.807) is 6.92 Å². The fourth-order valence-electron chi connectivity index (χ4n) is 3.82. The first-order chi connectivity index (χ1) is 8.80. The molecule has 2 saturated carbocycles. The van der Waals surface area contributed by atoms with Gasteiger partial charge in [0, 0.05) is 12.0 Å². The van der Waals surface area contributed by atoms with Crippen molar-refractivity contribution in [2.24, 2.45) is 11.8 Å². The third-order valence-electron chi connectivity index (χ3n) is 5.12. The first kappa shape index (κ1) is 14.6. The van der Waals surface area contributed by atoms with Crippen LogP contribution in [0.5, 0.6) is 0 Å². The molecule has 2 aliphatic rings. The molecule has 3 heteroatoms. The van der Waals surface area contributed by atoms with E-state index in [9.17, 15) is 9.90 Å². The third kappa shape index (κ3) is 2.71. The summed E-state index contributed by atoms with van der Waals surface area (Å²) in [5, 5.41) is 10.9. The SMILES string of the molecule is C=C(C)C(=O)OC12CC[C@H](C)C(O)(CC(CC)C1)C2. The minimum atomic E-state index is -0.660. The Morgan fingerprint density at radius 2 is 2.16 bits per heavy atom. The van der Waals surface area contributed by atoms with Gasteiger partial charge in [0.15, 0.2) is 0 Å². The van der Waals surface area contributed by atoms with Crippen molar-refractivity contribution in [1.29, 1.82) is 0 Å². The van der Waals surface area contributed by atoms with Crippen LogP contribution in [0.2, 0.25) is 0 Å². The summed E-state index contributed by atoms with van der Waals surface area (Å²) in [6.45, 7) is 9.60. The van der Waals surface area contributed by atoms with E-state index in [0.717, 1.165) is 32.1 Å². The number of hydrogen-bond donors (Lipinski definition) is 1. The summed E-state index contributed by atoms with van der Waals surface area (Å²) in [7, 11) is 0. The van der Waals surface area contributed by atoms with Crippen LogP contribution in [0.25, 0.3) is 0 Å². The molecule has 4 atom stereocenters. The van der Waals surface area contributed by atoms with E-state index in [0.29, 0.717) is 23.8 Å². The second-order valence-electron chi connectivity index (χ2n) is 6.76. The molecule has 0 spiro atoms. The topological polar surface area (TPSA) is 46.5 Å². The van der Waals surface area contributed by atoms with Gasteiger partial charge in [0.05, 0.1) is 5.60 Å². The summed E-state index contributed by atoms with van der Waals surface area (Å²) in [5.41, 5.74) is -0.682. The lowest BCUT2D eigenvalue weighted by molar-refractivity contribution is -0.200. The van der Waals surface area contributed by atoms with E-state index in [1.807, 2.05) is 0 Å². The lowest BCUT2D eigenvalue weighted by Gasteiger charge is -2.54. The first-order valence-corrected chi connectivity index (χ1v) is 7.41. The Hall–Kier alpha value is -0.830. The number of carbonyl (C=O) groups is 1. The van der Waals surface area contributed by atoms with Gasteiger partial charge in [-0.15, -0.1) is 0 Å². The molecule has 0 aromatic carbocycles. The highest BCUT2D eigenvalue weighted by atomic mass is 16.6. The molecule has 3 unspecified atom stereocenters. The Labute approximate surface area is 116 Å². The van der Waals surface area contributed by atoms with Crippen molar-refractivity contribution in [1.82, 2.24) is 0 Å². The molecular formula is C16H26O3. The predicted octanol–water partition coefficient (Wildman–Crippen LogP) is 3.22. The van der Waals surface area contributed by atoms with Crippen molar-refractivity contribution >= 4 is 5.97 Å². The summed E-state index contributed by atoms with van der Waals surface area (Å²) >= 11 is 0. The van der Waals surface area contributed by atoms with Gasteiger partial charge in [-0.2, -0.15) is 0 Å². The highest BCUT2D eigenvalue weighted by Crippen LogP contribution is 2.52. The van der Waals surface area contributed by atoms with Crippen LogP contribution in [0.3, 0.4) is 0 Å². The second kappa shape index (κ2) is 4.93. The molecule has 3 nitrogen and oxygen atoms in total. The van der Waals surface area contributed by atoms with Crippen molar-refractivity contribution in [2.75, 3.05) is 0 Å². The number of aliphatic hydroxyl groups is 1. The van der Waals surface area contributed by atoms with Crippen LogP contribution >= 0.6 is 0 Å². The smallest absolute Gasteiger partial charge is 0.333 e. The molecule has 2 fully saturated rings. The molecule has 0 saturated heterocycles. The Bertz CT molecular complexity index is 389. The van der Waals surface area contributed by atoms with Gasteiger partial charge < -0.3 is 9.84 Å². The molecular weight excluding hydrogens is 240 g/mol. The predicted molar refractivity (Wildman–Crippen MR) is 74.6 cm³/mol. The molecule has 0 radical (unpaired) electrons. The molecule has 2 aliphatic carbocycles. The zero-order valence-electron chi connectivity index (χ0n) is 12.4. The molecule has 19 heavy (non-hydrogen) atoms. The number of rotatable bonds is 3. The van der Waals surface area contributed by atoms with Crippen LogP contribution in [-0.2, 0) is 9.53 Å². The normalized spacial score (nSPS) is 41.7. The lowest BCUT2D eigenvalue weighted by atomic mass is 9.58. The largest absolute Gasteiger partial charge is 0.456 e. The molecule has 2 bridgehead atoms. The van der Waals surface area contributed by atoms with E-state index in [4.69, 9.17) is 4.74 Å². The van der Waals surface area contributed by atoms with Gasteiger partial charge in [-0.05, 0) is 44.4 Å². The van der Waals surface area contributed by atoms with Crippen molar-refractivity contribution in [3.63, 3.8) is 0 Å². The van der Waals surface area contributed by atoms with E-state index < -0.39 is 11.2 Å². The van der Waals surface area contributed by atoms with E-state index in [-0.39, 0.29) is 5.97 Å². The average Bonchev–Trinajstić information content (AvgIpc) is 2.33. The standard InChI is InChI=1S/C16H26O3/c1-5-13-8-15(19-14(17)11(2)3)7-6-12(4)16(18,9-13)10-15/h12-13,18H,2,5-10H2,1,3-4H3/t12-,13?,15?,16?/m0/s1. The minimum absolute atomic E-state index is 0.290. The van der Waals surface area contributed by atoms with Crippen molar-refractivity contribution in [3.8, 4) is 0 Å². The zero-order valence-corrected chi connectivity index (χ0v) is 12.4. The molecule has 2 rings (SSSR count). The maximum Gasteiger partial charge on any atom is 0.333 e. The Morgan fingerprint density at radius 1 is 1.47 bits per heavy atom. The highest BCUT2D eigenvalue weighted by Gasteiger charge is 2.54. The maximum absolute atomic E-state index is 11.9. The number of hydrogen-bond acceptors (Lipinski definition) is 3. The third-order valence-corrected chi connectivity index (χ3v) is 5.12. The fourth-order valence-corrected chi connectivity index (χ4v) is 3.82. The van der Waals surface area contributed by atoms with Crippen LogP contribution in [0.1, 0.15) is 59.3 Å². The summed E-state index contributed by atoms with van der Waals surface area (Å²) in [6, 6.07) is 0. The zero-order chi connectivity index (χ0) is 14.3. The summed E-state index contributed by atoms with van der Waals surface area (Å²) in [4.78, 5) is 11.9. The van der Waals surface area contributed by atoms with Gasteiger partial charge in [-0.25, -0.2) is 4.79 Å². The van der Waals surface area contributed by atoms with Gasteiger partial charge in [-0.3, -0.25) is 0 Å². The van der Waals surface area contributed by atoms with Crippen LogP contribution in [0, 0.1) is 11.8 Å². The van der Waals surface area contributed by atoms with Crippen LogP contribution in [0.15, 0.2) is 12.2 Å². The maximum atomic E-state index is 11.9. The Morgan fingerprint density at radius 3 is 2.74 bits per heavy atom. The molecule has 1 N–H and O–H groups in total. The number of ether oxygens (including phenoxy) is 1. The highest BCUT2D eigenvalue weighted by molar-refractivity contribution is 5.87. The molecule has 0 aromatic rings. The molecule has 108 valence electrons. The van der Waals surface area contributed by atoms with Gasteiger partial charge in [-0.1, -0.05) is 26.8 Å². The fraction of sp³-hybridized carbons (Fsp3) is 0.812. The van der Waals surface area contributed by atoms with Crippen LogP contribution in [-0.4, -0.2) is 22.3 Å². The minimum Gasteiger partial charge on any atom is -0.456 e. The van der Waals surface area contributed by atoms with E-state index in [2.05, 4.69) is 20.4 Å². The number of fused-ring (bicyclic) bond motifs is 2. The molecule has 0 aliphatic heterocycles. The summed E-state index contributed by atoms with van der Waals surface area (Å²) in [5.74, 6) is 0.423. The first-order valence-electron chi connectivity index (χ1n) is 7.41. The van der Waals surface area contributed by atoms with Crippen LogP contribution < -0.4 is 0 Å².